The Hall–Kier alpha value is -2.58. The van der Waals surface area contributed by atoms with Crippen molar-refractivity contribution >= 4 is 23.5 Å². The van der Waals surface area contributed by atoms with Crippen LogP contribution in [0.2, 0.25) is 0 Å². The molecule has 2 aliphatic rings. The lowest BCUT2D eigenvalue weighted by molar-refractivity contribution is -0.123. The minimum absolute atomic E-state index is 0.127. The van der Waals surface area contributed by atoms with Crippen LogP contribution in [0.4, 0.5) is 10.5 Å². The van der Waals surface area contributed by atoms with Crippen molar-refractivity contribution in [1.29, 1.82) is 0 Å². The van der Waals surface area contributed by atoms with E-state index < -0.39 is 17.5 Å². The fourth-order valence-corrected chi connectivity index (χ4v) is 2.71. The van der Waals surface area contributed by atoms with Gasteiger partial charge in [0.25, 0.3) is 11.8 Å². The van der Waals surface area contributed by atoms with E-state index in [-0.39, 0.29) is 18.1 Å². The molecule has 0 aliphatic carbocycles. The number of amides is 4. The van der Waals surface area contributed by atoms with E-state index in [4.69, 9.17) is 5.73 Å². The van der Waals surface area contributed by atoms with E-state index in [1.54, 1.807) is 10.9 Å². The Labute approximate surface area is 120 Å². The molecule has 0 bridgehead atoms. The summed E-state index contributed by atoms with van der Waals surface area (Å²) in [4.78, 5) is 37.1. The molecule has 2 aliphatic heterocycles. The SMILES string of the molecule is CCn1cc(N)c(C(=O)N2CCC3(C2)NC(=O)NC3=O)n1. The highest BCUT2D eigenvalue weighted by atomic mass is 16.2. The number of nitrogens with one attached hydrogen (secondary N) is 2. The lowest BCUT2D eigenvalue weighted by Crippen LogP contribution is -2.49. The third-order valence-electron chi connectivity index (χ3n) is 3.89. The van der Waals surface area contributed by atoms with Crippen LogP contribution in [0, 0.1) is 0 Å². The molecular formula is C12H16N6O3. The second-order valence-corrected chi connectivity index (χ2v) is 5.26. The van der Waals surface area contributed by atoms with Gasteiger partial charge in [-0.15, -0.1) is 0 Å². The number of carbonyl (C=O) groups excluding carboxylic acids is 3. The maximum Gasteiger partial charge on any atom is 0.322 e. The zero-order chi connectivity index (χ0) is 15.2. The van der Waals surface area contributed by atoms with Crippen LogP contribution in [0.15, 0.2) is 6.20 Å². The van der Waals surface area contributed by atoms with Crippen molar-refractivity contribution in [3.05, 3.63) is 11.9 Å². The van der Waals surface area contributed by atoms with Gasteiger partial charge in [0.1, 0.15) is 5.54 Å². The summed E-state index contributed by atoms with van der Waals surface area (Å²) in [5, 5.41) is 8.93. The van der Waals surface area contributed by atoms with E-state index >= 15 is 0 Å². The Balaban J connectivity index is 1.80. The number of aryl methyl sites for hydroxylation is 1. The van der Waals surface area contributed by atoms with Gasteiger partial charge in [-0.1, -0.05) is 0 Å². The smallest absolute Gasteiger partial charge is 0.322 e. The molecule has 4 N–H and O–H groups in total. The molecule has 1 aromatic rings. The molecule has 4 amide bonds. The van der Waals surface area contributed by atoms with Crippen LogP contribution < -0.4 is 16.4 Å². The fourth-order valence-electron chi connectivity index (χ4n) is 2.71. The fraction of sp³-hybridized carbons (Fsp3) is 0.500. The number of rotatable bonds is 2. The van der Waals surface area contributed by atoms with Gasteiger partial charge < -0.3 is 16.0 Å². The molecule has 0 radical (unpaired) electrons. The Morgan fingerprint density at radius 3 is 2.86 bits per heavy atom. The molecule has 1 unspecified atom stereocenters. The highest BCUT2D eigenvalue weighted by molar-refractivity contribution is 6.08. The number of likely N-dealkylation sites (tertiary alicyclic amines) is 1. The zero-order valence-corrected chi connectivity index (χ0v) is 11.5. The van der Waals surface area contributed by atoms with E-state index in [9.17, 15) is 14.4 Å². The van der Waals surface area contributed by atoms with Gasteiger partial charge in [-0.05, 0) is 13.3 Å². The molecular weight excluding hydrogens is 276 g/mol. The second kappa shape index (κ2) is 4.47. The number of nitrogens with two attached hydrogens (primary N) is 1. The number of aromatic nitrogens is 2. The summed E-state index contributed by atoms with van der Waals surface area (Å²) < 4.78 is 1.58. The minimum atomic E-state index is -1.02. The molecule has 0 aromatic carbocycles. The Bertz CT molecular complexity index is 639. The number of anilines is 1. The Kier molecular flexibility index (Phi) is 2.85. The summed E-state index contributed by atoms with van der Waals surface area (Å²) in [6.07, 6.45) is 1.98. The predicted octanol–water partition coefficient (Wildman–Crippen LogP) is -1.09. The van der Waals surface area contributed by atoms with Crippen molar-refractivity contribution in [2.45, 2.75) is 25.4 Å². The first-order valence-electron chi connectivity index (χ1n) is 6.71. The first-order chi connectivity index (χ1) is 9.95. The third kappa shape index (κ3) is 2.01. The lowest BCUT2D eigenvalue weighted by Gasteiger charge is -2.20. The van der Waals surface area contributed by atoms with Crippen LogP contribution in [0.5, 0.6) is 0 Å². The Morgan fingerprint density at radius 1 is 1.52 bits per heavy atom. The highest BCUT2D eigenvalue weighted by Crippen LogP contribution is 2.26. The van der Waals surface area contributed by atoms with Crippen molar-refractivity contribution in [1.82, 2.24) is 25.3 Å². The summed E-state index contributed by atoms with van der Waals surface area (Å²) in [5.41, 5.74) is 5.27. The molecule has 3 rings (SSSR count). The van der Waals surface area contributed by atoms with Gasteiger partial charge >= 0.3 is 6.03 Å². The molecule has 9 heteroatoms. The van der Waals surface area contributed by atoms with Crippen LogP contribution in [0.25, 0.3) is 0 Å². The van der Waals surface area contributed by atoms with E-state index in [1.165, 1.54) is 4.90 Å². The number of carbonyl (C=O) groups is 3. The van der Waals surface area contributed by atoms with E-state index in [0.717, 1.165) is 0 Å². The van der Waals surface area contributed by atoms with E-state index in [0.29, 0.717) is 25.2 Å². The Morgan fingerprint density at radius 2 is 2.29 bits per heavy atom. The van der Waals surface area contributed by atoms with Crippen LogP contribution in [0.1, 0.15) is 23.8 Å². The van der Waals surface area contributed by atoms with Gasteiger partial charge in [-0.25, -0.2) is 4.79 Å². The molecule has 2 fully saturated rings. The van der Waals surface area contributed by atoms with E-state index in [1.807, 2.05) is 6.92 Å². The minimum Gasteiger partial charge on any atom is -0.396 e. The normalized spacial score (nSPS) is 24.5. The molecule has 9 nitrogen and oxygen atoms in total. The van der Waals surface area contributed by atoms with Crippen molar-refractivity contribution < 1.29 is 14.4 Å². The number of nitrogen functional groups attached to an aromatic ring is 1. The summed E-state index contributed by atoms with van der Waals surface area (Å²) in [6, 6.07) is -0.524. The van der Waals surface area contributed by atoms with Gasteiger partial charge in [0.15, 0.2) is 5.69 Å². The predicted molar refractivity (Wildman–Crippen MR) is 72.2 cm³/mol. The number of hydrogen-bond donors (Lipinski definition) is 3. The summed E-state index contributed by atoms with van der Waals surface area (Å²) in [7, 11) is 0. The molecule has 0 saturated carbocycles. The number of hydrogen-bond acceptors (Lipinski definition) is 5. The number of urea groups is 1. The van der Waals surface area contributed by atoms with Crippen molar-refractivity contribution in [3.63, 3.8) is 0 Å². The van der Waals surface area contributed by atoms with Gasteiger partial charge in [0, 0.05) is 19.3 Å². The topological polar surface area (TPSA) is 122 Å². The summed E-state index contributed by atoms with van der Waals surface area (Å²) in [5.74, 6) is -0.722. The summed E-state index contributed by atoms with van der Waals surface area (Å²) in [6.45, 7) is 3.00. The number of imide groups is 1. The largest absolute Gasteiger partial charge is 0.396 e. The average molecular weight is 292 g/mol. The van der Waals surface area contributed by atoms with Crippen LogP contribution in [-0.4, -0.2) is 51.2 Å². The third-order valence-corrected chi connectivity index (χ3v) is 3.89. The van der Waals surface area contributed by atoms with Crippen molar-refractivity contribution in [2.24, 2.45) is 0 Å². The molecule has 3 heterocycles. The van der Waals surface area contributed by atoms with Gasteiger partial charge in [-0.3, -0.25) is 19.6 Å². The van der Waals surface area contributed by atoms with Crippen molar-refractivity contribution in [2.75, 3.05) is 18.8 Å². The van der Waals surface area contributed by atoms with Gasteiger partial charge in [0.2, 0.25) is 0 Å². The zero-order valence-electron chi connectivity index (χ0n) is 11.5. The lowest BCUT2D eigenvalue weighted by atomic mass is 9.99. The average Bonchev–Trinajstić information content (AvgIpc) is 3.09. The van der Waals surface area contributed by atoms with Gasteiger partial charge in [-0.2, -0.15) is 5.10 Å². The molecule has 21 heavy (non-hydrogen) atoms. The molecule has 1 aromatic heterocycles. The molecule has 112 valence electrons. The molecule has 2 saturated heterocycles. The van der Waals surface area contributed by atoms with Gasteiger partial charge in [0.05, 0.1) is 12.2 Å². The second-order valence-electron chi connectivity index (χ2n) is 5.26. The molecule has 1 atom stereocenters. The highest BCUT2D eigenvalue weighted by Gasteiger charge is 2.52. The van der Waals surface area contributed by atoms with Crippen LogP contribution >= 0.6 is 0 Å². The quantitative estimate of drug-likeness (QED) is 0.598. The van der Waals surface area contributed by atoms with Crippen LogP contribution in [-0.2, 0) is 11.3 Å². The number of nitrogens with zero attached hydrogens (tertiary/aromatic N) is 3. The standard InChI is InChI=1S/C12H16N6O3/c1-2-18-5-7(13)8(16-18)9(19)17-4-3-12(6-17)10(20)14-11(21)15-12/h5H,2-4,6,13H2,1H3,(H2,14,15,20,21). The van der Waals surface area contributed by atoms with E-state index in [2.05, 4.69) is 15.7 Å². The maximum absolute atomic E-state index is 12.5. The maximum atomic E-state index is 12.5. The monoisotopic (exact) mass is 292 g/mol. The molecule has 1 spiro atoms. The first-order valence-corrected chi connectivity index (χ1v) is 6.71. The van der Waals surface area contributed by atoms with Crippen molar-refractivity contribution in [3.8, 4) is 0 Å². The summed E-state index contributed by atoms with van der Waals surface area (Å²) >= 11 is 0. The van der Waals surface area contributed by atoms with Crippen LogP contribution in [0.3, 0.4) is 0 Å². The first kappa shape index (κ1) is 13.4.